The first-order valence-corrected chi connectivity index (χ1v) is 8.73. The lowest BCUT2D eigenvalue weighted by molar-refractivity contribution is -0.113. The first-order valence-electron chi connectivity index (χ1n) is 8.73. The zero-order valence-electron chi connectivity index (χ0n) is 13.4. The average Bonchev–Trinajstić information content (AvgIpc) is 2.77. The van der Waals surface area contributed by atoms with E-state index in [-0.39, 0.29) is 11.3 Å². The summed E-state index contributed by atoms with van der Waals surface area (Å²) in [6.07, 6.45) is 7.37. The summed E-state index contributed by atoms with van der Waals surface area (Å²) in [5.41, 5.74) is 0. The van der Waals surface area contributed by atoms with E-state index in [2.05, 4.69) is 23.6 Å². The van der Waals surface area contributed by atoms with Crippen LogP contribution in [0.2, 0.25) is 0 Å². The molecule has 2 saturated heterocycles. The first kappa shape index (κ1) is 15.7. The fourth-order valence-corrected chi connectivity index (χ4v) is 4.95. The van der Waals surface area contributed by atoms with Crippen molar-refractivity contribution in [3.8, 4) is 0 Å². The third kappa shape index (κ3) is 3.13. The maximum absolute atomic E-state index is 11.5. The van der Waals surface area contributed by atoms with Gasteiger partial charge in [-0.15, -0.1) is 0 Å². The van der Waals surface area contributed by atoms with Crippen molar-refractivity contribution in [1.82, 2.24) is 15.0 Å². The summed E-state index contributed by atoms with van der Waals surface area (Å²) in [6, 6.07) is 0.371. The summed E-state index contributed by atoms with van der Waals surface area (Å²) in [4.78, 5) is 5.25. The molecule has 0 radical (unpaired) electrons. The number of piperidine rings is 1. The SMILES string of the molecule is CC1CCCN2CC(C)N(CC3CCCCC3N([O-])O)C12. The fourth-order valence-electron chi connectivity index (χ4n) is 4.95. The molecule has 2 heterocycles. The van der Waals surface area contributed by atoms with Gasteiger partial charge in [-0.25, -0.2) is 0 Å². The molecule has 0 aromatic heterocycles. The lowest BCUT2D eigenvalue weighted by atomic mass is 9.84. The second-order valence-electron chi connectivity index (χ2n) is 7.49. The highest BCUT2D eigenvalue weighted by Crippen LogP contribution is 2.36. The molecule has 5 heteroatoms. The molecule has 5 atom stereocenters. The highest BCUT2D eigenvalue weighted by Gasteiger charge is 2.43. The van der Waals surface area contributed by atoms with Crippen LogP contribution in [0.1, 0.15) is 52.4 Å². The minimum atomic E-state index is -0.195. The van der Waals surface area contributed by atoms with Gasteiger partial charge in [0.25, 0.3) is 0 Å². The van der Waals surface area contributed by atoms with Crippen molar-refractivity contribution in [2.75, 3.05) is 19.6 Å². The van der Waals surface area contributed by atoms with Crippen LogP contribution in [0.3, 0.4) is 0 Å². The molecule has 1 aliphatic carbocycles. The Balaban J connectivity index is 1.70. The van der Waals surface area contributed by atoms with Crippen LogP contribution in [0, 0.1) is 17.0 Å². The number of rotatable bonds is 3. The molecule has 3 rings (SSSR count). The van der Waals surface area contributed by atoms with Crippen molar-refractivity contribution >= 4 is 0 Å². The molecule has 1 N–H and O–H groups in total. The van der Waals surface area contributed by atoms with E-state index >= 15 is 0 Å². The lowest BCUT2D eigenvalue weighted by Crippen LogP contribution is -2.51. The summed E-state index contributed by atoms with van der Waals surface area (Å²) in [6.45, 7) is 8.03. The van der Waals surface area contributed by atoms with E-state index in [1.807, 2.05) is 0 Å². The van der Waals surface area contributed by atoms with Gasteiger partial charge < -0.3 is 10.4 Å². The zero-order chi connectivity index (χ0) is 15.0. The third-order valence-electron chi connectivity index (χ3n) is 5.99. The van der Waals surface area contributed by atoms with Crippen LogP contribution in [0.5, 0.6) is 0 Å². The molecule has 0 amide bonds. The van der Waals surface area contributed by atoms with Crippen LogP contribution < -0.4 is 0 Å². The highest BCUT2D eigenvalue weighted by molar-refractivity contribution is 4.95. The Morgan fingerprint density at radius 2 is 1.90 bits per heavy atom. The van der Waals surface area contributed by atoms with E-state index in [9.17, 15) is 10.4 Å². The van der Waals surface area contributed by atoms with E-state index in [0.717, 1.165) is 32.4 Å². The Bertz CT molecular complexity index is 352. The van der Waals surface area contributed by atoms with Gasteiger partial charge in [-0.3, -0.25) is 15.0 Å². The topological polar surface area (TPSA) is 53.0 Å². The molecule has 3 fully saturated rings. The first-order chi connectivity index (χ1) is 10.1. The van der Waals surface area contributed by atoms with Crippen LogP contribution in [0.15, 0.2) is 0 Å². The van der Waals surface area contributed by atoms with Gasteiger partial charge in [0.15, 0.2) is 0 Å². The highest BCUT2D eigenvalue weighted by atomic mass is 16.8. The number of hydrogen-bond donors (Lipinski definition) is 1. The van der Waals surface area contributed by atoms with Gasteiger partial charge >= 0.3 is 0 Å². The Labute approximate surface area is 128 Å². The maximum atomic E-state index is 11.5. The minimum Gasteiger partial charge on any atom is -0.762 e. The number of hydroxylamine groups is 2. The molecule has 5 unspecified atom stereocenters. The smallest absolute Gasteiger partial charge is 0.0652 e. The molecular formula is C16H30N3O2-. The second-order valence-corrected chi connectivity index (χ2v) is 7.49. The maximum Gasteiger partial charge on any atom is 0.0652 e. The molecule has 2 aliphatic heterocycles. The van der Waals surface area contributed by atoms with Gasteiger partial charge in [0.2, 0.25) is 0 Å². The molecule has 3 aliphatic rings. The Kier molecular flexibility index (Phi) is 4.86. The van der Waals surface area contributed by atoms with Gasteiger partial charge in [-0.2, -0.15) is 0 Å². The predicted molar refractivity (Wildman–Crippen MR) is 82.7 cm³/mol. The number of hydrogen-bond acceptors (Lipinski definition) is 5. The Morgan fingerprint density at radius 1 is 1.14 bits per heavy atom. The van der Waals surface area contributed by atoms with Gasteiger partial charge in [0.1, 0.15) is 0 Å². The summed E-state index contributed by atoms with van der Waals surface area (Å²) >= 11 is 0. The van der Waals surface area contributed by atoms with Crippen molar-refractivity contribution in [3.05, 3.63) is 5.21 Å². The van der Waals surface area contributed by atoms with Crippen LogP contribution in [-0.2, 0) is 0 Å². The van der Waals surface area contributed by atoms with Crippen LogP contribution >= 0.6 is 0 Å². The molecule has 122 valence electrons. The average molecular weight is 296 g/mol. The third-order valence-corrected chi connectivity index (χ3v) is 5.99. The van der Waals surface area contributed by atoms with Crippen molar-refractivity contribution < 1.29 is 5.21 Å². The fraction of sp³-hybridized carbons (Fsp3) is 1.00. The van der Waals surface area contributed by atoms with Gasteiger partial charge in [-0.1, -0.05) is 19.8 Å². The van der Waals surface area contributed by atoms with Crippen LogP contribution in [0.4, 0.5) is 0 Å². The molecule has 21 heavy (non-hydrogen) atoms. The molecule has 0 aromatic carbocycles. The van der Waals surface area contributed by atoms with E-state index in [0.29, 0.717) is 24.0 Å². The summed E-state index contributed by atoms with van der Waals surface area (Å²) < 4.78 is 0. The Morgan fingerprint density at radius 3 is 2.67 bits per heavy atom. The summed E-state index contributed by atoms with van der Waals surface area (Å²) in [7, 11) is 0. The van der Waals surface area contributed by atoms with Crippen LogP contribution in [-0.4, -0.2) is 58.1 Å². The van der Waals surface area contributed by atoms with Gasteiger partial charge in [0, 0.05) is 25.2 Å². The number of nitrogens with zero attached hydrogens (tertiary/aromatic N) is 3. The predicted octanol–water partition coefficient (Wildman–Crippen LogP) is 2.50. The molecule has 0 aromatic rings. The van der Waals surface area contributed by atoms with Crippen molar-refractivity contribution in [2.24, 2.45) is 11.8 Å². The van der Waals surface area contributed by atoms with Gasteiger partial charge in [0.05, 0.1) is 6.17 Å². The normalized spacial score (nSPS) is 42.4. The lowest BCUT2D eigenvalue weighted by Gasteiger charge is -2.45. The monoisotopic (exact) mass is 296 g/mol. The second kappa shape index (κ2) is 6.50. The molecule has 5 nitrogen and oxygen atoms in total. The molecular weight excluding hydrogens is 266 g/mol. The Hall–Kier alpha value is -0.200. The van der Waals surface area contributed by atoms with E-state index in [4.69, 9.17) is 0 Å². The number of fused-ring (bicyclic) bond motifs is 1. The zero-order valence-corrected chi connectivity index (χ0v) is 13.4. The largest absolute Gasteiger partial charge is 0.762 e. The molecule has 1 saturated carbocycles. The van der Waals surface area contributed by atoms with Gasteiger partial charge in [-0.05, 0) is 51.0 Å². The summed E-state index contributed by atoms with van der Waals surface area (Å²) in [5, 5.41) is 21.1. The van der Waals surface area contributed by atoms with Crippen LogP contribution in [0.25, 0.3) is 0 Å². The molecule has 0 spiro atoms. The van der Waals surface area contributed by atoms with E-state index in [1.165, 1.54) is 25.8 Å². The quantitative estimate of drug-likeness (QED) is 0.811. The van der Waals surface area contributed by atoms with Crippen molar-refractivity contribution in [3.63, 3.8) is 0 Å². The minimum absolute atomic E-state index is 0.195. The standard InChI is InChI=1S/C16H30N3O2/c1-12-6-5-9-17-10-13(2)18(16(12)17)11-14-7-3-4-8-15(14)19(20)21/h12-16,20H,3-11H2,1-2H3/q-1. The van der Waals surface area contributed by atoms with Crippen molar-refractivity contribution in [1.29, 1.82) is 0 Å². The van der Waals surface area contributed by atoms with Crippen molar-refractivity contribution in [2.45, 2.75) is 70.6 Å². The summed E-state index contributed by atoms with van der Waals surface area (Å²) in [5.74, 6) is 1.03. The van der Waals surface area contributed by atoms with E-state index in [1.54, 1.807) is 0 Å². The molecule has 0 bridgehead atoms. The van der Waals surface area contributed by atoms with E-state index < -0.39 is 0 Å².